The van der Waals surface area contributed by atoms with E-state index in [2.05, 4.69) is 0 Å². The molecule has 8 heteroatoms. The third kappa shape index (κ3) is 4.88. The highest BCUT2D eigenvalue weighted by molar-refractivity contribution is 7.07. The molecule has 1 saturated carbocycles. The minimum Gasteiger partial charge on any atom is -0.442 e. The van der Waals surface area contributed by atoms with Gasteiger partial charge in [0.15, 0.2) is 0 Å². The molecule has 3 nitrogen and oxygen atoms in total. The summed E-state index contributed by atoms with van der Waals surface area (Å²) in [6, 6.07) is 11.2. The first-order valence-corrected chi connectivity index (χ1v) is 10.5. The number of ether oxygens (including phenoxy) is 1. The second-order valence-electron chi connectivity index (χ2n) is 7.84. The van der Waals surface area contributed by atoms with Crippen LogP contribution in [0.2, 0.25) is 0 Å². The van der Waals surface area contributed by atoms with Crippen LogP contribution >= 0.6 is 22.9 Å². The molecule has 1 aromatic carbocycles. The fourth-order valence-corrected chi connectivity index (χ4v) is 4.35. The van der Waals surface area contributed by atoms with Crippen molar-refractivity contribution in [2.75, 3.05) is 0 Å². The third-order valence-corrected chi connectivity index (χ3v) is 6.43. The number of rotatable bonds is 6. The molecule has 2 aromatic rings. The van der Waals surface area contributed by atoms with Crippen molar-refractivity contribution in [1.29, 1.82) is 5.26 Å². The number of nitriles is 1. The van der Waals surface area contributed by atoms with Crippen LogP contribution in [0.1, 0.15) is 36.6 Å². The molecular weight excluding hydrogens is 435 g/mol. The number of alkyl halides is 3. The van der Waals surface area contributed by atoms with Crippen LogP contribution in [0.5, 0.6) is 0 Å². The fourth-order valence-electron chi connectivity index (χ4n) is 3.54. The predicted octanol–water partition coefficient (Wildman–Crippen LogP) is 6.40. The Hall–Kier alpha value is -2.30. The van der Waals surface area contributed by atoms with Gasteiger partial charge in [-0.15, -0.1) is 0 Å². The first-order chi connectivity index (χ1) is 14.0. The smallest absolute Gasteiger partial charge is 0.426 e. The fraction of sp³-hybridized carbons (Fsp3) is 0.364. The quantitative estimate of drug-likeness (QED) is 0.475. The van der Waals surface area contributed by atoms with Gasteiger partial charge < -0.3 is 4.74 Å². The molecule has 1 aromatic heterocycles. The van der Waals surface area contributed by atoms with E-state index in [-0.39, 0.29) is 0 Å². The number of thiophene rings is 1. The summed E-state index contributed by atoms with van der Waals surface area (Å²) in [6.07, 6.45) is -4.26. The van der Waals surface area contributed by atoms with Crippen LogP contribution in [-0.2, 0) is 16.0 Å². The van der Waals surface area contributed by atoms with Gasteiger partial charge in [0.05, 0.1) is 5.92 Å². The molecule has 0 radical (unpaired) electrons. The number of carbonyl (C=O) groups is 1. The van der Waals surface area contributed by atoms with Crippen molar-refractivity contribution in [2.24, 2.45) is 17.3 Å². The zero-order valence-electron chi connectivity index (χ0n) is 16.2. The molecule has 3 atom stereocenters. The van der Waals surface area contributed by atoms with Crippen molar-refractivity contribution in [1.82, 2.24) is 0 Å². The number of esters is 1. The van der Waals surface area contributed by atoms with Crippen LogP contribution in [0.25, 0.3) is 0 Å². The molecule has 1 unspecified atom stereocenters. The van der Waals surface area contributed by atoms with Crippen LogP contribution in [-0.4, -0.2) is 12.1 Å². The lowest BCUT2D eigenvalue weighted by atomic mass is 10.0. The molecule has 1 heterocycles. The lowest BCUT2D eigenvalue weighted by molar-refractivity contribution is -0.149. The Kier molecular flexibility index (Phi) is 6.30. The van der Waals surface area contributed by atoms with E-state index in [1.807, 2.05) is 29.0 Å². The van der Waals surface area contributed by atoms with Gasteiger partial charge in [-0.2, -0.15) is 29.8 Å². The lowest BCUT2D eigenvalue weighted by Gasteiger charge is -2.13. The van der Waals surface area contributed by atoms with Crippen LogP contribution in [0, 0.1) is 28.6 Å². The molecule has 30 heavy (non-hydrogen) atoms. The maximum Gasteiger partial charge on any atom is 0.426 e. The Morgan fingerprint density at radius 3 is 2.70 bits per heavy atom. The summed E-state index contributed by atoms with van der Waals surface area (Å²) < 4.78 is 43.5. The predicted molar refractivity (Wildman–Crippen MR) is 109 cm³/mol. The molecule has 1 aliphatic carbocycles. The van der Waals surface area contributed by atoms with E-state index in [4.69, 9.17) is 16.3 Å². The van der Waals surface area contributed by atoms with Crippen LogP contribution in [0.15, 0.2) is 52.2 Å². The van der Waals surface area contributed by atoms with Gasteiger partial charge in [0.1, 0.15) is 11.1 Å². The van der Waals surface area contributed by atoms with E-state index in [1.165, 1.54) is 0 Å². The number of nitrogens with zero attached hydrogens (tertiary/aromatic N) is 1. The first kappa shape index (κ1) is 22.4. The Morgan fingerprint density at radius 1 is 1.37 bits per heavy atom. The highest BCUT2D eigenvalue weighted by Crippen LogP contribution is 2.60. The molecule has 0 aliphatic heterocycles. The van der Waals surface area contributed by atoms with E-state index in [0.29, 0.717) is 12.0 Å². The van der Waals surface area contributed by atoms with Crippen molar-refractivity contribution in [3.8, 4) is 6.07 Å². The molecule has 1 fully saturated rings. The summed E-state index contributed by atoms with van der Waals surface area (Å²) in [5, 5.41) is 12.3. The second kappa shape index (κ2) is 8.44. The standard InChI is InChI=1S/C22H19ClF3NO2S/c1-21(2)16(10-18(23)22(24,25)26)19(21)20(28)29-17(11-27)15-5-3-4-13(9-15)8-14-6-7-30-12-14/h3-7,9-10,12,16-17,19H,8H2,1-2H3/b18-10-/t16-,17?,19-/m0/s1. The highest BCUT2D eigenvalue weighted by Gasteiger charge is 2.62. The first-order valence-electron chi connectivity index (χ1n) is 9.18. The van der Waals surface area contributed by atoms with Crippen LogP contribution in [0.3, 0.4) is 0 Å². The average Bonchev–Trinajstić information content (AvgIpc) is 2.99. The van der Waals surface area contributed by atoms with Gasteiger partial charge in [-0.25, -0.2) is 0 Å². The number of benzene rings is 1. The number of allylic oxidation sites excluding steroid dienone is 2. The minimum absolute atomic E-state index is 0.525. The topological polar surface area (TPSA) is 50.1 Å². The van der Waals surface area contributed by atoms with Gasteiger partial charge >= 0.3 is 12.1 Å². The Bertz CT molecular complexity index is 993. The van der Waals surface area contributed by atoms with Crippen molar-refractivity contribution in [3.05, 3.63) is 68.9 Å². The lowest BCUT2D eigenvalue weighted by Crippen LogP contribution is -2.15. The van der Waals surface area contributed by atoms with Gasteiger partial charge in [-0.3, -0.25) is 4.79 Å². The van der Waals surface area contributed by atoms with Crippen LogP contribution < -0.4 is 0 Å². The van der Waals surface area contributed by atoms with Crippen molar-refractivity contribution >= 4 is 28.9 Å². The molecule has 1 aliphatic rings. The summed E-state index contributed by atoms with van der Waals surface area (Å²) in [4.78, 5) is 12.6. The summed E-state index contributed by atoms with van der Waals surface area (Å²) in [5.41, 5.74) is 1.89. The van der Waals surface area contributed by atoms with Crippen molar-refractivity contribution in [3.63, 3.8) is 0 Å². The largest absolute Gasteiger partial charge is 0.442 e. The summed E-state index contributed by atoms with van der Waals surface area (Å²) in [5.74, 6) is -2.20. The number of hydrogen-bond donors (Lipinski definition) is 0. The monoisotopic (exact) mass is 453 g/mol. The van der Waals surface area contributed by atoms with Crippen molar-refractivity contribution in [2.45, 2.75) is 32.5 Å². The summed E-state index contributed by atoms with van der Waals surface area (Å²) in [6.45, 7) is 3.34. The number of halogens is 4. The van der Waals surface area contributed by atoms with Gasteiger partial charge in [0.2, 0.25) is 6.10 Å². The zero-order chi connectivity index (χ0) is 22.1. The van der Waals surface area contributed by atoms with E-state index < -0.39 is 40.5 Å². The molecule has 158 valence electrons. The molecule has 0 spiro atoms. The number of hydrogen-bond acceptors (Lipinski definition) is 4. The molecule has 0 bridgehead atoms. The molecule has 0 amide bonds. The normalized spacial score (nSPS) is 21.6. The van der Waals surface area contributed by atoms with Crippen LogP contribution in [0.4, 0.5) is 13.2 Å². The van der Waals surface area contributed by atoms with Gasteiger partial charge in [-0.1, -0.05) is 55.8 Å². The highest BCUT2D eigenvalue weighted by atomic mass is 35.5. The molecular formula is C22H19ClF3NO2S. The summed E-state index contributed by atoms with van der Waals surface area (Å²) >= 11 is 6.92. The van der Waals surface area contributed by atoms with Gasteiger partial charge in [-0.05, 0) is 45.7 Å². The Balaban J connectivity index is 1.72. The van der Waals surface area contributed by atoms with Gasteiger partial charge in [0.25, 0.3) is 0 Å². The molecule has 0 saturated heterocycles. The van der Waals surface area contributed by atoms with Crippen molar-refractivity contribution < 1.29 is 22.7 Å². The Morgan fingerprint density at radius 2 is 2.10 bits per heavy atom. The number of carbonyl (C=O) groups excluding carboxylic acids is 1. The maximum atomic E-state index is 12.7. The van der Waals surface area contributed by atoms with E-state index in [9.17, 15) is 23.2 Å². The summed E-state index contributed by atoms with van der Waals surface area (Å²) in [7, 11) is 0. The maximum absolute atomic E-state index is 12.7. The average molecular weight is 454 g/mol. The molecule has 0 N–H and O–H groups in total. The van der Waals surface area contributed by atoms with E-state index >= 15 is 0 Å². The SMILES string of the molecule is CC1(C)[C@H](C(=O)OC(C#N)c2cccc(Cc3ccsc3)c2)[C@@H]1/C=C(\Cl)C(F)(F)F. The Labute approximate surface area is 181 Å². The van der Waals surface area contributed by atoms with Gasteiger partial charge in [0, 0.05) is 5.56 Å². The second-order valence-corrected chi connectivity index (χ2v) is 9.02. The van der Waals surface area contributed by atoms with E-state index in [0.717, 1.165) is 17.2 Å². The van der Waals surface area contributed by atoms with E-state index in [1.54, 1.807) is 43.4 Å². The third-order valence-electron chi connectivity index (χ3n) is 5.35. The molecule has 3 rings (SSSR count). The minimum atomic E-state index is -4.66. The zero-order valence-corrected chi connectivity index (χ0v) is 17.8.